The van der Waals surface area contributed by atoms with Crippen LogP contribution in [-0.2, 0) is 4.79 Å². The molecule has 0 bridgehead atoms. The molecule has 34 heavy (non-hydrogen) atoms. The number of fused-ring (bicyclic) bond motifs is 1. The number of hydrogen-bond donors (Lipinski definition) is 2. The molecule has 0 radical (unpaired) electrons. The molecule has 5 atom stereocenters. The van der Waals surface area contributed by atoms with Crippen LogP contribution in [0.5, 0.6) is 0 Å². The summed E-state index contributed by atoms with van der Waals surface area (Å²) in [6.07, 6.45) is 4.67. The number of rotatable bonds is 4. The molecule has 2 saturated carbocycles. The zero-order valence-corrected chi connectivity index (χ0v) is 20.8. The van der Waals surface area contributed by atoms with Gasteiger partial charge in [0.15, 0.2) is 0 Å². The molecular weight excluding hydrogens is 446 g/mol. The molecule has 180 valence electrons. The van der Waals surface area contributed by atoms with E-state index in [9.17, 15) is 4.79 Å². The summed E-state index contributed by atoms with van der Waals surface area (Å²) in [6, 6.07) is 11.4. The second kappa shape index (κ2) is 8.21. The first kappa shape index (κ1) is 22.3. The molecule has 5 unspecified atom stereocenters. The fourth-order valence-corrected chi connectivity index (χ4v) is 7.59. The van der Waals surface area contributed by atoms with Crippen LogP contribution in [0.1, 0.15) is 49.4 Å². The number of carbonyl (C=O) groups excluding carboxylic acids is 1. The van der Waals surface area contributed by atoms with E-state index in [0.717, 1.165) is 50.2 Å². The average molecular weight is 480 g/mol. The average Bonchev–Trinajstić information content (AvgIpc) is 3.38. The van der Waals surface area contributed by atoms with Crippen LogP contribution in [0, 0.1) is 24.2 Å². The zero-order chi connectivity index (χ0) is 23.6. The number of likely N-dealkylation sites (tertiary alicyclic amines) is 1. The van der Waals surface area contributed by atoms with Gasteiger partial charge in [0.25, 0.3) is 0 Å². The van der Waals surface area contributed by atoms with E-state index in [-0.39, 0.29) is 22.6 Å². The maximum Gasteiger partial charge on any atom is 0.245 e. The number of benzene rings is 1. The van der Waals surface area contributed by atoms with Gasteiger partial charge in [-0.2, -0.15) is 5.10 Å². The Morgan fingerprint density at radius 1 is 1.26 bits per heavy atom. The first-order valence-electron chi connectivity index (χ1n) is 12.6. The molecule has 6 nitrogen and oxygen atoms in total. The van der Waals surface area contributed by atoms with E-state index in [0.29, 0.717) is 23.9 Å². The van der Waals surface area contributed by atoms with E-state index in [1.807, 2.05) is 4.90 Å². The monoisotopic (exact) mass is 479 g/mol. The molecule has 2 aliphatic heterocycles. The topological polar surface area (TPSA) is 62.2 Å². The molecule has 2 aromatic rings. The Bertz CT molecular complexity index is 1100. The van der Waals surface area contributed by atoms with E-state index in [4.69, 9.17) is 16.7 Å². The normalized spacial score (nSPS) is 32.2. The number of alkyl halides is 1. The van der Waals surface area contributed by atoms with Gasteiger partial charge in [0.1, 0.15) is 0 Å². The molecule has 2 saturated heterocycles. The van der Waals surface area contributed by atoms with E-state index >= 15 is 0 Å². The summed E-state index contributed by atoms with van der Waals surface area (Å²) in [5, 5.41) is 5.35. The van der Waals surface area contributed by atoms with Gasteiger partial charge in [0.05, 0.1) is 11.7 Å². The van der Waals surface area contributed by atoms with Crippen molar-refractivity contribution in [3.8, 4) is 11.3 Å². The predicted octanol–water partition coefficient (Wildman–Crippen LogP) is 4.03. The molecular formula is C27H34ClN5O. The van der Waals surface area contributed by atoms with Gasteiger partial charge in [-0.1, -0.05) is 43.8 Å². The summed E-state index contributed by atoms with van der Waals surface area (Å²) in [6.45, 7) is 10.8. The van der Waals surface area contributed by atoms with Crippen LogP contribution in [0.2, 0.25) is 0 Å². The number of halogens is 1. The fraction of sp³-hybridized carbons (Fsp3) is 0.556. The second-order valence-electron chi connectivity index (χ2n) is 11.1. The minimum absolute atomic E-state index is 0.0471. The van der Waals surface area contributed by atoms with Gasteiger partial charge in [-0.25, -0.2) is 0 Å². The quantitative estimate of drug-likeness (QED) is 0.513. The van der Waals surface area contributed by atoms with Crippen molar-refractivity contribution in [3.05, 3.63) is 54.2 Å². The lowest BCUT2D eigenvalue weighted by Crippen LogP contribution is -2.63. The highest BCUT2D eigenvalue weighted by Gasteiger charge is 2.55. The lowest BCUT2D eigenvalue weighted by molar-refractivity contribution is -0.149. The molecule has 1 amide bonds. The highest BCUT2D eigenvalue weighted by Crippen LogP contribution is 2.55. The Kier molecular flexibility index (Phi) is 5.39. The molecule has 2 aliphatic carbocycles. The second-order valence-corrected chi connectivity index (χ2v) is 11.6. The van der Waals surface area contributed by atoms with Crippen molar-refractivity contribution < 1.29 is 4.79 Å². The predicted molar refractivity (Wildman–Crippen MR) is 134 cm³/mol. The largest absolute Gasteiger partial charge is 0.338 e. The highest BCUT2D eigenvalue weighted by molar-refractivity contribution is 6.21. The van der Waals surface area contributed by atoms with Crippen LogP contribution in [0.15, 0.2) is 43.0 Å². The number of hydrogen-bond acceptors (Lipinski definition) is 4. The van der Waals surface area contributed by atoms with Crippen LogP contribution in [0.4, 0.5) is 0 Å². The van der Waals surface area contributed by atoms with Crippen molar-refractivity contribution in [2.24, 2.45) is 17.3 Å². The minimum Gasteiger partial charge on any atom is -0.338 e. The summed E-state index contributed by atoms with van der Waals surface area (Å²) < 4.78 is 2.29. The van der Waals surface area contributed by atoms with E-state index in [1.165, 1.54) is 17.3 Å². The summed E-state index contributed by atoms with van der Waals surface area (Å²) >= 11 is 7.20. The number of hydrazine groups is 1. The van der Waals surface area contributed by atoms with Crippen LogP contribution >= 0.6 is 11.6 Å². The fourth-order valence-electron chi connectivity index (χ4n) is 7.18. The summed E-state index contributed by atoms with van der Waals surface area (Å²) in [4.78, 5) is 13.8. The summed E-state index contributed by atoms with van der Waals surface area (Å²) in [5.41, 5.74) is 12.0. The highest BCUT2D eigenvalue weighted by atomic mass is 35.5. The van der Waals surface area contributed by atoms with E-state index < -0.39 is 0 Å². The third-order valence-corrected chi connectivity index (χ3v) is 9.62. The number of carbonyl (C=O) groups is 1. The van der Waals surface area contributed by atoms with Crippen molar-refractivity contribution in [1.29, 1.82) is 0 Å². The molecule has 3 heterocycles. The molecule has 1 spiro atoms. The Hall–Kier alpha value is -2.15. The number of nitrogens with zero attached hydrogens (tertiary/aromatic N) is 3. The smallest absolute Gasteiger partial charge is 0.245 e. The standard InChI is InChI=1S/C27H34ClN5O/c1-4-22(34)32-14-27(15-32)11-19(12-27)33-17(3)23(26(31-33)18-8-6-5-7-9-18)24-20-13-29-30-21(20)10-16(2)25(24)28/h4-9,16,19-21,24-25,29-30H,1,10-15H2,2-3H3. The Morgan fingerprint density at radius 2 is 2.00 bits per heavy atom. The Labute approximate surface area is 206 Å². The SMILES string of the molecule is C=CC(=O)N1CC2(CC(n3nc(-c4ccccc4)c(C4C(Cl)C(C)CC5NNCC54)c3C)C2)C1. The summed E-state index contributed by atoms with van der Waals surface area (Å²) in [7, 11) is 0. The van der Waals surface area contributed by atoms with Crippen molar-refractivity contribution in [3.63, 3.8) is 0 Å². The number of nitrogens with one attached hydrogen (secondary N) is 2. The molecule has 1 aromatic carbocycles. The minimum atomic E-state index is 0.0471. The first-order valence-corrected chi connectivity index (χ1v) is 13.0. The Morgan fingerprint density at radius 3 is 2.71 bits per heavy atom. The van der Waals surface area contributed by atoms with E-state index in [1.54, 1.807) is 0 Å². The Balaban J connectivity index is 1.35. The van der Waals surface area contributed by atoms with Gasteiger partial charge in [-0.3, -0.25) is 20.3 Å². The van der Waals surface area contributed by atoms with Crippen molar-refractivity contribution in [1.82, 2.24) is 25.5 Å². The van der Waals surface area contributed by atoms with Crippen LogP contribution < -0.4 is 10.9 Å². The van der Waals surface area contributed by atoms with Gasteiger partial charge in [-0.05, 0) is 44.1 Å². The number of aromatic nitrogens is 2. The van der Waals surface area contributed by atoms with Gasteiger partial charge in [-0.15, -0.1) is 11.6 Å². The lowest BCUT2D eigenvalue weighted by atomic mass is 9.60. The molecule has 7 heteroatoms. The molecule has 1 aromatic heterocycles. The maximum absolute atomic E-state index is 11.9. The van der Waals surface area contributed by atoms with Gasteiger partial charge >= 0.3 is 0 Å². The van der Waals surface area contributed by atoms with Crippen molar-refractivity contribution >= 4 is 17.5 Å². The first-order chi connectivity index (χ1) is 16.4. The van der Waals surface area contributed by atoms with Crippen LogP contribution in [0.3, 0.4) is 0 Å². The van der Waals surface area contributed by atoms with E-state index in [2.05, 4.69) is 66.3 Å². The zero-order valence-electron chi connectivity index (χ0n) is 20.0. The molecule has 4 aliphatic rings. The third-order valence-electron chi connectivity index (χ3n) is 8.91. The summed E-state index contributed by atoms with van der Waals surface area (Å²) in [5.74, 6) is 1.18. The van der Waals surface area contributed by atoms with Crippen LogP contribution in [-0.4, -0.2) is 51.6 Å². The van der Waals surface area contributed by atoms with Crippen molar-refractivity contribution in [2.75, 3.05) is 19.6 Å². The van der Waals surface area contributed by atoms with Gasteiger partial charge in [0.2, 0.25) is 5.91 Å². The molecule has 6 rings (SSSR count). The lowest BCUT2D eigenvalue weighted by Gasteiger charge is -2.58. The molecule has 4 fully saturated rings. The number of amides is 1. The van der Waals surface area contributed by atoms with Gasteiger partial charge in [0, 0.05) is 59.2 Å². The van der Waals surface area contributed by atoms with Gasteiger partial charge < -0.3 is 4.90 Å². The third kappa shape index (κ3) is 3.37. The molecule has 2 N–H and O–H groups in total. The van der Waals surface area contributed by atoms with Crippen LogP contribution in [0.25, 0.3) is 11.3 Å². The maximum atomic E-state index is 11.9. The van der Waals surface area contributed by atoms with Crippen molar-refractivity contribution in [2.45, 2.75) is 56.5 Å².